The van der Waals surface area contributed by atoms with E-state index in [0.717, 1.165) is 18.4 Å². The molecule has 0 aliphatic heterocycles. The highest BCUT2D eigenvalue weighted by Gasteiger charge is 2.19. The fraction of sp³-hybridized carbons (Fsp3) is 0.562. The van der Waals surface area contributed by atoms with Crippen LogP contribution in [0.3, 0.4) is 0 Å². The van der Waals surface area contributed by atoms with Gasteiger partial charge in [-0.3, -0.25) is 4.79 Å². The van der Waals surface area contributed by atoms with Crippen LogP contribution in [0.2, 0.25) is 0 Å². The highest BCUT2D eigenvalue weighted by Crippen LogP contribution is 2.30. The van der Waals surface area contributed by atoms with Gasteiger partial charge in [-0.15, -0.1) is 0 Å². The summed E-state index contributed by atoms with van der Waals surface area (Å²) < 4.78 is 26.5. The van der Waals surface area contributed by atoms with E-state index >= 15 is 0 Å². The summed E-state index contributed by atoms with van der Waals surface area (Å²) in [5.41, 5.74) is -0.220. The van der Waals surface area contributed by atoms with Crippen LogP contribution in [0.4, 0.5) is 8.78 Å². The molecule has 0 aromatic heterocycles. The molecule has 1 aliphatic carbocycles. The third-order valence-electron chi connectivity index (χ3n) is 4.08. The molecular weight excluding hydrogens is 260 g/mol. The van der Waals surface area contributed by atoms with Crippen LogP contribution >= 0.6 is 0 Å². The van der Waals surface area contributed by atoms with Crippen LogP contribution in [0.15, 0.2) is 18.2 Å². The van der Waals surface area contributed by atoms with Gasteiger partial charge in [0.25, 0.3) is 5.91 Å². The van der Waals surface area contributed by atoms with Gasteiger partial charge in [-0.1, -0.05) is 32.3 Å². The lowest BCUT2D eigenvalue weighted by Gasteiger charge is -2.26. The zero-order valence-electron chi connectivity index (χ0n) is 11.8. The Morgan fingerprint density at radius 1 is 1.35 bits per heavy atom. The van der Waals surface area contributed by atoms with Gasteiger partial charge in [-0.2, -0.15) is 0 Å². The van der Waals surface area contributed by atoms with E-state index in [0.29, 0.717) is 12.5 Å². The molecular formula is C16H21F2NO. The molecule has 1 aromatic carbocycles. The lowest BCUT2D eigenvalue weighted by molar-refractivity contribution is 0.0944. The first-order chi connectivity index (χ1) is 9.58. The van der Waals surface area contributed by atoms with Gasteiger partial charge in [0, 0.05) is 6.54 Å². The Balaban J connectivity index is 1.82. The van der Waals surface area contributed by atoms with E-state index in [1.807, 2.05) is 0 Å². The van der Waals surface area contributed by atoms with Gasteiger partial charge in [-0.05, 0) is 36.8 Å². The summed E-state index contributed by atoms with van der Waals surface area (Å²) in [7, 11) is 0. The highest BCUT2D eigenvalue weighted by atomic mass is 19.2. The summed E-state index contributed by atoms with van der Waals surface area (Å²) in [5, 5.41) is 2.68. The number of rotatable bonds is 4. The predicted molar refractivity (Wildman–Crippen MR) is 74.4 cm³/mol. The number of carbonyl (C=O) groups is 1. The molecule has 0 saturated heterocycles. The molecule has 2 atom stereocenters. The summed E-state index contributed by atoms with van der Waals surface area (Å²) in [4.78, 5) is 11.8. The van der Waals surface area contributed by atoms with Gasteiger partial charge in [-0.25, -0.2) is 8.78 Å². The Hall–Kier alpha value is -1.45. The van der Waals surface area contributed by atoms with Crippen molar-refractivity contribution in [1.29, 1.82) is 0 Å². The first kappa shape index (κ1) is 14.9. The van der Waals surface area contributed by atoms with Crippen molar-refractivity contribution < 1.29 is 13.6 Å². The van der Waals surface area contributed by atoms with Crippen LogP contribution < -0.4 is 5.32 Å². The largest absolute Gasteiger partial charge is 0.352 e. The molecule has 0 bridgehead atoms. The molecule has 1 fully saturated rings. The summed E-state index contributed by atoms with van der Waals surface area (Å²) in [6, 6.07) is 3.65. The van der Waals surface area contributed by atoms with Gasteiger partial charge in [0.05, 0.1) is 5.56 Å². The Labute approximate surface area is 118 Å². The molecule has 2 unspecified atom stereocenters. The number of benzene rings is 1. The quantitative estimate of drug-likeness (QED) is 0.890. The van der Waals surface area contributed by atoms with Crippen LogP contribution in [0, 0.1) is 23.5 Å². The second kappa shape index (κ2) is 6.82. The minimum absolute atomic E-state index is 0.220. The molecule has 1 amide bonds. The number of hydrogen-bond acceptors (Lipinski definition) is 1. The number of amides is 1. The van der Waals surface area contributed by atoms with Crippen molar-refractivity contribution in [3.05, 3.63) is 35.4 Å². The average Bonchev–Trinajstić information content (AvgIpc) is 2.42. The standard InChI is InChI=1S/C16H21F2NO/c1-11-4-2-5-12(10-11)8-9-19-16(20)13-6-3-7-14(17)15(13)18/h3,6-7,11-12H,2,4-5,8-10H2,1H3,(H,19,20). The van der Waals surface area contributed by atoms with Crippen LogP contribution in [0.1, 0.15) is 49.4 Å². The fourth-order valence-corrected chi connectivity index (χ4v) is 2.99. The van der Waals surface area contributed by atoms with Crippen molar-refractivity contribution >= 4 is 5.91 Å². The Kier molecular flexibility index (Phi) is 5.10. The predicted octanol–water partition coefficient (Wildman–Crippen LogP) is 3.91. The molecule has 1 saturated carbocycles. The van der Waals surface area contributed by atoms with Gasteiger partial charge >= 0.3 is 0 Å². The fourth-order valence-electron chi connectivity index (χ4n) is 2.99. The number of nitrogens with one attached hydrogen (secondary N) is 1. The topological polar surface area (TPSA) is 29.1 Å². The lowest BCUT2D eigenvalue weighted by atomic mass is 9.81. The smallest absolute Gasteiger partial charge is 0.254 e. The average molecular weight is 281 g/mol. The molecule has 4 heteroatoms. The molecule has 1 aromatic rings. The molecule has 110 valence electrons. The molecule has 2 rings (SSSR count). The van der Waals surface area contributed by atoms with E-state index in [1.165, 1.54) is 37.8 Å². The van der Waals surface area contributed by atoms with Crippen molar-refractivity contribution in [2.75, 3.05) is 6.54 Å². The first-order valence-corrected chi connectivity index (χ1v) is 7.30. The van der Waals surface area contributed by atoms with Crippen molar-refractivity contribution in [3.63, 3.8) is 0 Å². The van der Waals surface area contributed by atoms with Gasteiger partial charge in [0.15, 0.2) is 11.6 Å². The molecule has 1 N–H and O–H groups in total. The van der Waals surface area contributed by atoms with Crippen LogP contribution in [0.25, 0.3) is 0 Å². The summed E-state index contributed by atoms with van der Waals surface area (Å²) in [5.74, 6) is -1.21. The van der Waals surface area contributed by atoms with Gasteiger partial charge in [0.2, 0.25) is 0 Å². The monoisotopic (exact) mass is 281 g/mol. The third-order valence-corrected chi connectivity index (χ3v) is 4.08. The summed E-state index contributed by atoms with van der Waals surface area (Å²) >= 11 is 0. The number of hydrogen-bond donors (Lipinski definition) is 1. The first-order valence-electron chi connectivity index (χ1n) is 7.30. The van der Waals surface area contributed by atoms with E-state index in [1.54, 1.807) is 0 Å². The second-order valence-corrected chi connectivity index (χ2v) is 5.78. The summed E-state index contributed by atoms with van der Waals surface area (Å²) in [6.45, 7) is 2.78. The van der Waals surface area contributed by atoms with Crippen molar-refractivity contribution in [2.45, 2.75) is 39.0 Å². The van der Waals surface area contributed by atoms with Crippen LogP contribution in [0.5, 0.6) is 0 Å². The number of carbonyl (C=O) groups excluding carboxylic acids is 1. The van der Waals surface area contributed by atoms with E-state index in [4.69, 9.17) is 0 Å². The van der Waals surface area contributed by atoms with Crippen molar-refractivity contribution in [3.8, 4) is 0 Å². The van der Waals surface area contributed by atoms with Gasteiger partial charge in [0.1, 0.15) is 0 Å². The van der Waals surface area contributed by atoms with Crippen LogP contribution in [-0.2, 0) is 0 Å². The summed E-state index contributed by atoms with van der Waals surface area (Å²) in [6.07, 6.45) is 5.85. The molecule has 2 nitrogen and oxygen atoms in total. The van der Waals surface area contributed by atoms with E-state index in [-0.39, 0.29) is 5.56 Å². The van der Waals surface area contributed by atoms with E-state index in [9.17, 15) is 13.6 Å². The lowest BCUT2D eigenvalue weighted by Crippen LogP contribution is -2.28. The third kappa shape index (κ3) is 3.78. The van der Waals surface area contributed by atoms with Crippen molar-refractivity contribution in [2.24, 2.45) is 11.8 Å². The minimum Gasteiger partial charge on any atom is -0.352 e. The zero-order valence-corrected chi connectivity index (χ0v) is 11.8. The maximum absolute atomic E-state index is 13.4. The Morgan fingerprint density at radius 2 is 2.15 bits per heavy atom. The molecule has 0 heterocycles. The minimum atomic E-state index is -1.07. The Bertz CT molecular complexity index is 476. The maximum Gasteiger partial charge on any atom is 0.254 e. The van der Waals surface area contributed by atoms with Crippen molar-refractivity contribution in [1.82, 2.24) is 5.32 Å². The molecule has 20 heavy (non-hydrogen) atoms. The van der Waals surface area contributed by atoms with Gasteiger partial charge < -0.3 is 5.32 Å². The SMILES string of the molecule is CC1CCCC(CCNC(=O)c2cccc(F)c2F)C1. The van der Waals surface area contributed by atoms with E-state index in [2.05, 4.69) is 12.2 Å². The second-order valence-electron chi connectivity index (χ2n) is 5.78. The van der Waals surface area contributed by atoms with E-state index < -0.39 is 17.5 Å². The Morgan fingerprint density at radius 3 is 2.90 bits per heavy atom. The molecule has 1 aliphatic rings. The molecule has 0 radical (unpaired) electrons. The number of halogens is 2. The normalized spacial score (nSPS) is 22.6. The zero-order chi connectivity index (χ0) is 14.5. The highest BCUT2D eigenvalue weighted by molar-refractivity contribution is 5.94. The maximum atomic E-state index is 13.4. The molecule has 0 spiro atoms. The van der Waals surface area contributed by atoms with Crippen LogP contribution in [-0.4, -0.2) is 12.5 Å².